The first-order valence-electron chi connectivity index (χ1n) is 9.31. The third-order valence-electron chi connectivity index (χ3n) is 3.72. The molecule has 1 rings (SSSR count). The quantitative estimate of drug-likeness (QED) is 0.573. The first kappa shape index (κ1) is 32.7. The number of allylic oxidation sites excluding steroid dienone is 3. The molecule has 1 aromatic carbocycles. The van der Waals surface area contributed by atoms with E-state index in [0.29, 0.717) is 28.7 Å². The molecule has 0 amide bonds. The van der Waals surface area contributed by atoms with Crippen LogP contribution in [0.2, 0.25) is 0 Å². The number of carbonyl (C=O) groups is 1. The van der Waals surface area contributed by atoms with Gasteiger partial charge in [-0.05, 0) is 55.5 Å². The fourth-order valence-electron chi connectivity index (χ4n) is 1.89. The van der Waals surface area contributed by atoms with E-state index in [1.807, 2.05) is 27.7 Å². The van der Waals surface area contributed by atoms with Gasteiger partial charge in [-0.3, -0.25) is 4.79 Å². The normalized spacial score (nSPS) is 11.2. The first-order valence-corrected chi connectivity index (χ1v) is 11.2. The summed E-state index contributed by atoms with van der Waals surface area (Å²) >= 11 is 0. The number of benzene rings is 1. The van der Waals surface area contributed by atoms with Crippen molar-refractivity contribution < 1.29 is 31.5 Å². The third kappa shape index (κ3) is 11.9. The van der Waals surface area contributed by atoms with Crippen molar-refractivity contribution in [3.8, 4) is 0 Å². The highest BCUT2D eigenvalue weighted by Gasteiger charge is 2.32. The number of rotatable bonds is 4. The van der Waals surface area contributed by atoms with E-state index in [2.05, 4.69) is 6.58 Å². The Labute approximate surface area is 179 Å². The van der Waals surface area contributed by atoms with Crippen LogP contribution in [0.15, 0.2) is 41.3 Å². The number of sulfone groups is 1. The van der Waals surface area contributed by atoms with Crippen molar-refractivity contribution in [2.45, 2.75) is 59.5 Å². The Morgan fingerprint density at radius 1 is 1.13 bits per heavy atom. The molecule has 0 aliphatic carbocycles. The number of hydrogen-bond donors (Lipinski definition) is 1. The molecular formula is C22H35F3O4S. The average molecular weight is 453 g/mol. The molecule has 0 aliphatic rings. The number of ketones is 1. The van der Waals surface area contributed by atoms with Crippen LogP contribution >= 0.6 is 0 Å². The highest BCUT2D eigenvalue weighted by atomic mass is 32.2. The van der Waals surface area contributed by atoms with Gasteiger partial charge in [0, 0.05) is 13.4 Å². The van der Waals surface area contributed by atoms with Gasteiger partial charge in [-0.15, -0.1) is 0 Å². The van der Waals surface area contributed by atoms with E-state index in [-0.39, 0.29) is 10.7 Å². The van der Waals surface area contributed by atoms with Crippen molar-refractivity contribution >= 4 is 21.2 Å². The molecule has 0 unspecified atom stereocenters. The van der Waals surface area contributed by atoms with Gasteiger partial charge in [-0.25, -0.2) is 8.42 Å². The number of halogens is 3. The van der Waals surface area contributed by atoms with E-state index >= 15 is 0 Å². The molecule has 0 saturated carbocycles. The molecule has 0 spiro atoms. The monoisotopic (exact) mass is 452 g/mol. The topological polar surface area (TPSA) is 71.4 Å². The Morgan fingerprint density at radius 3 is 1.80 bits per heavy atom. The van der Waals surface area contributed by atoms with Crippen molar-refractivity contribution in [3.05, 3.63) is 47.6 Å². The van der Waals surface area contributed by atoms with Crippen LogP contribution in [0.1, 0.15) is 59.6 Å². The first-order chi connectivity index (χ1) is 13.6. The summed E-state index contributed by atoms with van der Waals surface area (Å²) in [5.41, 5.74) is 0.665. The SMILES string of the molecule is C/C=C(/C)c1ccc(C(F)(F)F)cc1S(C)(=O)=O.C=C(C(C)=O)C(C)C.CC.CO. The molecule has 0 aromatic heterocycles. The predicted molar refractivity (Wildman–Crippen MR) is 118 cm³/mol. The van der Waals surface area contributed by atoms with Gasteiger partial charge in [0.25, 0.3) is 0 Å². The Bertz CT molecular complexity index is 806. The second kappa shape index (κ2) is 15.0. The summed E-state index contributed by atoms with van der Waals surface area (Å²) in [4.78, 5) is 10.2. The van der Waals surface area contributed by atoms with Gasteiger partial charge in [-0.1, -0.05) is 46.4 Å². The predicted octanol–water partition coefficient (Wildman–Crippen LogP) is 5.95. The number of aliphatic hydroxyl groups is 1. The summed E-state index contributed by atoms with van der Waals surface area (Å²) in [5, 5.41) is 7.00. The zero-order chi connectivity index (χ0) is 24.9. The molecule has 4 nitrogen and oxygen atoms in total. The van der Waals surface area contributed by atoms with E-state index in [1.54, 1.807) is 26.8 Å². The molecule has 0 bridgehead atoms. The lowest BCUT2D eigenvalue weighted by Gasteiger charge is -2.12. The fourth-order valence-corrected chi connectivity index (χ4v) is 2.86. The maximum absolute atomic E-state index is 12.6. The zero-order valence-corrected chi connectivity index (χ0v) is 20.1. The summed E-state index contributed by atoms with van der Waals surface area (Å²) in [6.07, 6.45) is -2.01. The van der Waals surface area contributed by atoms with Crippen molar-refractivity contribution in [2.24, 2.45) is 5.92 Å². The van der Waals surface area contributed by atoms with Crippen LogP contribution in [0.4, 0.5) is 13.2 Å². The summed E-state index contributed by atoms with van der Waals surface area (Å²) in [5.74, 6) is 0.396. The van der Waals surface area contributed by atoms with Crippen molar-refractivity contribution in [2.75, 3.05) is 13.4 Å². The van der Waals surface area contributed by atoms with E-state index in [9.17, 15) is 26.4 Å². The lowest BCUT2D eigenvalue weighted by Crippen LogP contribution is -2.09. The largest absolute Gasteiger partial charge is 0.416 e. The van der Waals surface area contributed by atoms with Gasteiger partial charge in [0.15, 0.2) is 15.6 Å². The Balaban J connectivity index is -0.000000510. The Hall–Kier alpha value is -1.93. The average Bonchev–Trinajstić information content (AvgIpc) is 2.68. The second-order valence-electron chi connectivity index (χ2n) is 6.19. The van der Waals surface area contributed by atoms with E-state index in [4.69, 9.17) is 5.11 Å². The minimum Gasteiger partial charge on any atom is -0.400 e. The van der Waals surface area contributed by atoms with Crippen LogP contribution in [-0.2, 0) is 20.8 Å². The number of hydrogen-bond acceptors (Lipinski definition) is 4. The van der Waals surface area contributed by atoms with Gasteiger partial charge in [0.2, 0.25) is 0 Å². The molecule has 0 atom stereocenters. The molecule has 0 fully saturated rings. The van der Waals surface area contributed by atoms with E-state index in [1.165, 1.54) is 6.07 Å². The molecule has 1 N–H and O–H groups in total. The highest BCUT2D eigenvalue weighted by Crippen LogP contribution is 2.33. The number of alkyl halides is 3. The van der Waals surface area contributed by atoms with Gasteiger partial charge in [0.1, 0.15) is 0 Å². The number of Topliss-reactive ketones (excluding diaryl/α,β-unsaturated/α-hetero) is 1. The van der Waals surface area contributed by atoms with Crippen molar-refractivity contribution in [1.82, 2.24) is 0 Å². The van der Waals surface area contributed by atoms with Crippen LogP contribution in [0.3, 0.4) is 0 Å². The van der Waals surface area contributed by atoms with Crippen LogP contribution in [0.5, 0.6) is 0 Å². The van der Waals surface area contributed by atoms with Crippen LogP contribution < -0.4 is 0 Å². The highest BCUT2D eigenvalue weighted by molar-refractivity contribution is 7.90. The minimum atomic E-state index is -4.55. The summed E-state index contributed by atoms with van der Waals surface area (Å²) < 4.78 is 60.8. The molecule has 1 aromatic rings. The molecular weight excluding hydrogens is 417 g/mol. The lowest BCUT2D eigenvalue weighted by molar-refractivity contribution is -0.137. The zero-order valence-electron chi connectivity index (χ0n) is 19.3. The smallest absolute Gasteiger partial charge is 0.400 e. The van der Waals surface area contributed by atoms with Gasteiger partial charge in [-0.2, -0.15) is 13.2 Å². The van der Waals surface area contributed by atoms with Gasteiger partial charge < -0.3 is 5.11 Å². The maximum Gasteiger partial charge on any atom is 0.416 e. The minimum absolute atomic E-state index is 0.0972. The van der Waals surface area contributed by atoms with Crippen LogP contribution in [0.25, 0.3) is 5.57 Å². The number of aliphatic hydroxyl groups excluding tert-OH is 1. The Morgan fingerprint density at radius 2 is 1.57 bits per heavy atom. The standard InChI is InChI=1S/C12H13F3O2S.C7H12O.C2H6.CH4O/c1-4-8(2)10-6-5-9(12(13,14)15)7-11(10)18(3,16)17;1-5(2)6(3)7(4)8;2*1-2/h4-7H,1-3H3;5H,3H2,1-2,4H3;1-2H3;2H,1H3/b8-4-;;;. The summed E-state index contributed by atoms with van der Waals surface area (Å²) in [6.45, 7) is 16.4. The number of carbonyl (C=O) groups excluding carboxylic acids is 1. The molecule has 0 heterocycles. The summed E-state index contributed by atoms with van der Waals surface area (Å²) in [6, 6.07) is 2.75. The Kier molecular flexibility index (Phi) is 16.3. The molecule has 30 heavy (non-hydrogen) atoms. The molecule has 174 valence electrons. The third-order valence-corrected chi connectivity index (χ3v) is 4.85. The molecule has 8 heteroatoms. The molecule has 0 aliphatic heterocycles. The van der Waals surface area contributed by atoms with Crippen LogP contribution in [0, 0.1) is 5.92 Å². The van der Waals surface area contributed by atoms with Gasteiger partial charge in [0.05, 0.1) is 10.5 Å². The molecule has 0 radical (unpaired) electrons. The van der Waals surface area contributed by atoms with Crippen molar-refractivity contribution in [1.29, 1.82) is 0 Å². The lowest BCUT2D eigenvalue weighted by atomic mass is 10.0. The molecule has 0 saturated heterocycles. The van der Waals surface area contributed by atoms with Gasteiger partial charge >= 0.3 is 6.18 Å². The summed E-state index contributed by atoms with van der Waals surface area (Å²) in [7, 11) is -2.71. The maximum atomic E-state index is 12.6. The second-order valence-corrected chi connectivity index (χ2v) is 8.17. The van der Waals surface area contributed by atoms with Crippen LogP contribution in [-0.4, -0.2) is 32.7 Å². The van der Waals surface area contributed by atoms with Crippen molar-refractivity contribution in [3.63, 3.8) is 0 Å². The van der Waals surface area contributed by atoms with E-state index < -0.39 is 21.6 Å². The fraction of sp³-hybridized carbons (Fsp3) is 0.500. The van der Waals surface area contributed by atoms with E-state index in [0.717, 1.165) is 19.4 Å².